The van der Waals surface area contributed by atoms with Gasteiger partial charge in [0, 0.05) is 23.0 Å². The van der Waals surface area contributed by atoms with E-state index in [1.807, 2.05) is 0 Å². The number of carbonyl (C=O) groups excluding carboxylic acids is 1. The minimum absolute atomic E-state index is 0.0158. The summed E-state index contributed by atoms with van der Waals surface area (Å²) in [5.74, 6) is 0.277. The fraction of sp³-hybridized carbons (Fsp3) is 0.375. The zero-order valence-corrected chi connectivity index (χ0v) is 18.3. The second kappa shape index (κ2) is 8.17. The van der Waals surface area contributed by atoms with Crippen molar-refractivity contribution in [1.82, 2.24) is 14.3 Å². The highest BCUT2D eigenvalue weighted by atomic mass is 35.5. The zero-order valence-electron chi connectivity index (χ0n) is 17.6. The predicted molar refractivity (Wildman–Crippen MR) is 117 cm³/mol. The Bertz CT molecular complexity index is 1260. The number of hydrogen-bond acceptors (Lipinski definition) is 3. The maximum absolute atomic E-state index is 13.0. The molecule has 0 N–H and O–H groups in total. The summed E-state index contributed by atoms with van der Waals surface area (Å²) in [4.78, 5) is 25.6. The highest BCUT2D eigenvalue weighted by Crippen LogP contribution is 2.50. The van der Waals surface area contributed by atoms with E-state index >= 15 is 0 Å². The Hall–Kier alpha value is -2.87. The largest absolute Gasteiger partial charge is 0.416 e. The summed E-state index contributed by atoms with van der Waals surface area (Å²) in [5, 5.41) is 5.01. The van der Waals surface area contributed by atoms with Crippen LogP contribution in [0.1, 0.15) is 48.8 Å². The first-order chi connectivity index (χ1) is 15.7. The average molecular weight is 476 g/mol. The summed E-state index contributed by atoms with van der Waals surface area (Å²) in [6.07, 6.45) is -1.74. The lowest BCUT2D eigenvalue weighted by molar-refractivity contribution is -0.137. The summed E-state index contributed by atoms with van der Waals surface area (Å²) in [7, 11) is 0. The van der Waals surface area contributed by atoms with E-state index in [1.165, 1.54) is 10.7 Å². The van der Waals surface area contributed by atoms with Crippen LogP contribution >= 0.6 is 11.6 Å². The first-order valence-electron chi connectivity index (χ1n) is 10.8. The molecule has 9 heteroatoms. The molecule has 3 aromatic rings. The van der Waals surface area contributed by atoms with E-state index in [0.29, 0.717) is 22.8 Å². The molecule has 0 aliphatic heterocycles. The van der Waals surface area contributed by atoms with Crippen LogP contribution in [0.3, 0.4) is 0 Å². The Balaban J connectivity index is 1.29. The van der Waals surface area contributed by atoms with Gasteiger partial charge in [-0.2, -0.15) is 13.2 Å². The number of alkyl halides is 3. The van der Waals surface area contributed by atoms with Gasteiger partial charge in [-0.15, -0.1) is 5.10 Å². The van der Waals surface area contributed by atoms with Crippen LogP contribution in [-0.2, 0) is 17.5 Å². The molecule has 5 rings (SSSR count). The van der Waals surface area contributed by atoms with Crippen molar-refractivity contribution in [3.63, 3.8) is 0 Å². The third-order valence-corrected chi connectivity index (χ3v) is 6.52. The van der Waals surface area contributed by atoms with E-state index in [4.69, 9.17) is 11.6 Å². The number of hydrogen-bond donors (Lipinski definition) is 0. The summed E-state index contributed by atoms with van der Waals surface area (Å²) in [5.41, 5.74) is 0.356. The normalized spacial score (nSPS) is 20.1. The van der Waals surface area contributed by atoms with Gasteiger partial charge in [0.15, 0.2) is 11.6 Å². The van der Waals surface area contributed by atoms with Gasteiger partial charge in [0.25, 0.3) is 0 Å². The minimum atomic E-state index is -4.39. The standard InChI is InChI=1S/C24H21ClF3N3O2/c25-18-6-4-14(5-7-18)22-29-30(23(33)31(22)19-8-9-19)13-20(32)11-16-12-21(16)15-2-1-3-17(10-15)24(26,27)28/h1-7,10,16,19,21H,8-9,11-13H2/t16-,21-/m1/s1. The van der Waals surface area contributed by atoms with Crippen LogP contribution in [0.4, 0.5) is 13.2 Å². The molecule has 172 valence electrons. The highest BCUT2D eigenvalue weighted by Gasteiger charge is 2.41. The van der Waals surface area contributed by atoms with Gasteiger partial charge in [0.1, 0.15) is 6.54 Å². The number of halogens is 4. The van der Waals surface area contributed by atoms with E-state index in [1.54, 1.807) is 34.9 Å². The number of ketones is 1. The highest BCUT2D eigenvalue weighted by molar-refractivity contribution is 6.30. The van der Waals surface area contributed by atoms with Gasteiger partial charge in [-0.25, -0.2) is 9.48 Å². The monoisotopic (exact) mass is 475 g/mol. The molecule has 0 bridgehead atoms. The SMILES string of the molecule is O=C(C[C@@H]1C[C@@H]1c1cccc(C(F)(F)F)c1)Cn1nc(-c2ccc(Cl)cc2)n(C2CC2)c1=O. The maximum Gasteiger partial charge on any atom is 0.416 e. The first kappa shape index (κ1) is 21.9. The topological polar surface area (TPSA) is 56.9 Å². The summed E-state index contributed by atoms with van der Waals surface area (Å²) in [6.45, 7) is -0.148. The third-order valence-electron chi connectivity index (χ3n) is 6.27. The van der Waals surface area contributed by atoms with Crippen molar-refractivity contribution in [3.8, 4) is 11.4 Å². The van der Waals surface area contributed by atoms with Gasteiger partial charge < -0.3 is 0 Å². The second-order valence-electron chi connectivity index (χ2n) is 8.84. The quantitative estimate of drug-likeness (QED) is 0.454. The first-order valence-corrected chi connectivity index (χ1v) is 11.2. The Morgan fingerprint density at radius 1 is 1.12 bits per heavy atom. The molecule has 2 aliphatic carbocycles. The van der Waals surface area contributed by atoms with E-state index < -0.39 is 11.7 Å². The van der Waals surface area contributed by atoms with Crippen molar-refractivity contribution < 1.29 is 18.0 Å². The fourth-order valence-electron chi connectivity index (χ4n) is 4.33. The van der Waals surface area contributed by atoms with Crippen LogP contribution in [0.15, 0.2) is 53.3 Å². The smallest absolute Gasteiger partial charge is 0.298 e. The molecular formula is C24H21ClF3N3O2. The molecule has 2 atom stereocenters. The zero-order chi connectivity index (χ0) is 23.3. The van der Waals surface area contributed by atoms with Crippen LogP contribution in [0.5, 0.6) is 0 Å². The van der Waals surface area contributed by atoms with Crippen molar-refractivity contribution in [3.05, 3.63) is 75.2 Å². The number of rotatable bonds is 7. The van der Waals surface area contributed by atoms with E-state index in [-0.39, 0.29) is 42.3 Å². The van der Waals surface area contributed by atoms with Gasteiger partial charge >= 0.3 is 11.9 Å². The molecule has 2 fully saturated rings. The minimum Gasteiger partial charge on any atom is -0.298 e. The Morgan fingerprint density at radius 2 is 1.85 bits per heavy atom. The Kier molecular flexibility index (Phi) is 5.43. The molecule has 33 heavy (non-hydrogen) atoms. The summed E-state index contributed by atoms with van der Waals surface area (Å²) in [6, 6.07) is 12.4. The molecule has 0 saturated heterocycles. The maximum atomic E-state index is 13.0. The number of nitrogens with zero attached hydrogens (tertiary/aromatic N) is 3. The van der Waals surface area contributed by atoms with Crippen molar-refractivity contribution >= 4 is 17.4 Å². The van der Waals surface area contributed by atoms with Gasteiger partial charge in [0.05, 0.1) is 5.56 Å². The van der Waals surface area contributed by atoms with Crippen molar-refractivity contribution in [2.24, 2.45) is 5.92 Å². The summed E-state index contributed by atoms with van der Waals surface area (Å²) < 4.78 is 41.8. The Morgan fingerprint density at radius 3 is 2.52 bits per heavy atom. The molecule has 2 aromatic carbocycles. The van der Waals surface area contributed by atoms with Crippen LogP contribution in [0.25, 0.3) is 11.4 Å². The number of benzene rings is 2. The number of carbonyl (C=O) groups is 1. The average Bonchev–Trinajstić information content (AvgIpc) is 3.69. The van der Waals surface area contributed by atoms with Crippen molar-refractivity contribution in [1.29, 1.82) is 0 Å². The van der Waals surface area contributed by atoms with E-state index in [2.05, 4.69) is 5.10 Å². The molecule has 2 saturated carbocycles. The lowest BCUT2D eigenvalue weighted by Crippen LogP contribution is -2.27. The van der Waals surface area contributed by atoms with Gasteiger partial charge in [-0.1, -0.05) is 29.8 Å². The van der Waals surface area contributed by atoms with E-state index in [9.17, 15) is 22.8 Å². The van der Waals surface area contributed by atoms with Crippen molar-refractivity contribution in [2.75, 3.05) is 0 Å². The molecule has 0 amide bonds. The summed E-state index contributed by atoms with van der Waals surface area (Å²) >= 11 is 5.97. The molecule has 1 heterocycles. The Labute approximate surface area is 192 Å². The fourth-order valence-corrected chi connectivity index (χ4v) is 4.46. The molecular weight excluding hydrogens is 455 g/mol. The number of Topliss-reactive ketones (excluding diaryl/α,β-unsaturated/α-hetero) is 1. The molecule has 1 aromatic heterocycles. The van der Waals surface area contributed by atoms with Gasteiger partial charge in [0.2, 0.25) is 0 Å². The van der Waals surface area contributed by atoms with E-state index in [0.717, 1.165) is 30.5 Å². The van der Waals surface area contributed by atoms with Crippen LogP contribution in [-0.4, -0.2) is 20.1 Å². The molecule has 0 spiro atoms. The predicted octanol–water partition coefficient (Wildman–Crippen LogP) is 5.48. The molecule has 0 radical (unpaired) electrons. The second-order valence-corrected chi connectivity index (χ2v) is 9.28. The van der Waals surface area contributed by atoms with Gasteiger partial charge in [-0.3, -0.25) is 9.36 Å². The van der Waals surface area contributed by atoms with Crippen molar-refractivity contribution in [2.45, 2.75) is 50.4 Å². The lowest BCUT2D eigenvalue weighted by atomic mass is 10.0. The molecule has 2 aliphatic rings. The van der Waals surface area contributed by atoms with Crippen LogP contribution in [0.2, 0.25) is 5.02 Å². The van der Waals surface area contributed by atoms with Gasteiger partial charge in [-0.05, 0) is 67.0 Å². The molecule has 5 nitrogen and oxygen atoms in total. The third kappa shape index (κ3) is 4.62. The lowest BCUT2D eigenvalue weighted by Gasteiger charge is -2.08. The van der Waals surface area contributed by atoms with Crippen LogP contribution in [0, 0.1) is 5.92 Å². The molecule has 0 unspecified atom stereocenters. The number of aromatic nitrogens is 3. The van der Waals surface area contributed by atoms with Crippen LogP contribution < -0.4 is 5.69 Å².